The number of aliphatic imine (C=N–C) groups is 1. The van der Waals surface area contributed by atoms with Gasteiger partial charge < -0.3 is 10.2 Å². The maximum atomic E-state index is 11.7. The number of nitrogens with one attached hydrogen (secondary N) is 1. The smallest absolute Gasteiger partial charge is 0.330 e. The third kappa shape index (κ3) is 2.46. The van der Waals surface area contributed by atoms with Crippen LogP contribution in [0.2, 0.25) is 0 Å². The SMILES string of the molecule is CC(=Nc1ccc(O)cc1)c1c(O)n(C)c(=O)[nH]c1=O. The first-order valence-electron chi connectivity index (χ1n) is 5.77. The highest BCUT2D eigenvalue weighted by Gasteiger charge is 2.14. The number of aromatic amines is 1. The van der Waals surface area contributed by atoms with E-state index in [4.69, 9.17) is 0 Å². The molecule has 1 aromatic carbocycles. The van der Waals surface area contributed by atoms with Gasteiger partial charge in [-0.05, 0) is 31.2 Å². The summed E-state index contributed by atoms with van der Waals surface area (Å²) in [6, 6.07) is 6.03. The average Bonchev–Trinajstić information content (AvgIpc) is 2.39. The van der Waals surface area contributed by atoms with Crippen LogP contribution in [0.4, 0.5) is 5.69 Å². The molecule has 0 bridgehead atoms. The molecule has 2 rings (SSSR count). The second kappa shape index (κ2) is 5.04. The quantitative estimate of drug-likeness (QED) is 0.698. The predicted molar refractivity (Wildman–Crippen MR) is 73.9 cm³/mol. The molecule has 0 aliphatic carbocycles. The normalized spacial score (nSPS) is 11.6. The molecule has 3 N–H and O–H groups in total. The van der Waals surface area contributed by atoms with E-state index >= 15 is 0 Å². The van der Waals surface area contributed by atoms with Crippen LogP contribution in [0.5, 0.6) is 11.6 Å². The maximum absolute atomic E-state index is 11.7. The van der Waals surface area contributed by atoms with Gasteiger partial charge in [0.25, 0.3) is 5.56 Å². The highest BCUT2D eigenvalue weighted by atomic mass is 16.3. The van der Waals surface area contributed by atoms with Crippen LogP contribution in [-0.2, 0) is 7.05 Å². The summed E-state index contributed by atoms with van der Waals surface area (Å²) >= 11 is 0. The molecule has 104 valence electrons. The van der Waals surface area contributed by atoms with Gasteiger partial charge in [-0.15, -0.1) is 0 Å². The Labute approximate surface area is 113 Å². The van der Waals surface area contributed by atoms with Gasteiger partial charge in [-0.1, -0.05) is 0 Å². The number of benzene rings is 1. The van der Waals surface area contributed by atoms with E-state index in [1.54, 1.807) is 19.1 Å². The van der Waals surface area contributed by atoms with Crippen LogP contribution in [0.15, 0.2) is 38.8 Å². The van der Waals surface area contributed by atoms with Gasteiger partial charge >= 0.3 is 5.69 Å². The topological polar surface area (TPSA) is 108 Å². The number of rotatable bonds is 2. The lowest BCUT2D eigenvalue weighted by molar-refractivity contribution is 0.416. The Kier molecular flexibility index (Phi) is 3.43. The number of hydrogen-bond donors (Lipinski definition) is 3. The Balaban J connectivity index is 2.57. The molecular weight excluding hydrogens is 262 g/mol. The average molecular weight is 275 g/mol. The minimum absolute atomic E-state index is 0.0693. The van der Waals surface area contributed by atoms with Crippen LogP contribution in [0.1, 0.15) is 12.5 Å². The van der Waals surface area contributed by atoms with Gasteiger partial charge in [-0.3, -0.25) is 19.3 Å². The molecule has 0 aliphatic rings. The molecule has 20 heavy (non-hydrogen) atoms. The standard InChI is InChI=1S/C13H13N3O4/c1-7(14-8-3-5-9(17)6-4-8)10-11(18)15-13(20)16(2)12(10)19/h3-6,17,19H,1-2H3,(H,15,18,20). The van der Waals surface area contributed by atoms with Gasteiger partial charge in [0.1, 0.15) is 11.3 Å². The van der Waals surface area contributed by atoms with E-state index in [1.165, 1.54) is 19.2 Å². The molecule has 0 radical (unpaired) electrons. The molecule has 1 aromatic heterocycles. The number of phenolic OH excluding ortho intramolecular Hbond substituents is 1. The van der Waals surface area contributed by atoms with E-state index < -0.39 is 17.1 Å². The van der Waals surface area contributed by atoms with Gasteiger partial charge in [0.2, 0.25) is 5.88 Å². The fourth-order valence-electron chi connectivity index (χ4n) is 1.71. The monoisotopic (exact) mass is 275 g/mol. The van der Waals surface area contributed by atoms with Crippen LogP contribution < -0.4 is 11.2 Å². The molecule has 0 saturated heterocycles. The Hall–Kier alpha value is -2.83. The van der Waals surface area contributed by atoms with Crippen molar-refractivity contribution in [1.82, 2.24) is 9.55 Å². The Morgan fingerprint density at radius 2 is 1.80 bits per heavy atom. The van der Waals surface area contributed by atoms with Crippen LogP contribution in [0, 0.1) is 0 Å². The molecule has 0 amide bonds. The Morgan fingerprint density at radius 1 is 1.20 bits per heavy atom. The van der Waals surface area contributed by atoms with Crippen molar-refractivity contribution in [2.45, 2.75) is 6.92 Å². The molecule has 0 aliphatic heterocycles. The largest absolute Gasteiger partial charge is 0.508 e. The lowest BCUT2D eigenvalue weighted by Crippen LogP contribution is -2.32. The maximum Gasteiger partial charge on any atom is 0.330 e. The summed E-state index contributed by atoms with van der Waals surface area (Å²) in [5, 5.41) is 19.1. The van der Waals surface area contributed by atoms with E-state index in [9.17, 15) is 19.8 Å². The lowest BCUT2D eigenvalue weighted by Gasteiger charge is -2.06. The van der Waals surface area contributed by atoms with Gasteiger partial charge in [0, 0.05) is 7.05 Å². The van der Waals surface area contributed by atoms with Gasteiger partial charge in [-0.2, -0.15) is 0 Å². The highest BCUT2D eigenvalue weighted by molar-refractivity contribution is 6.01. The molecule has 0 atom stereocenters. The van der Waals surface area contributed by atoms with Crippen molar-refractivity contribution in [1.29, 1.82) is 0 Å². The highest BCUT2D eigenvalue weighted by Crippen LogP contribution is 2.19. The first-order chi connectivity index (χ1) is 9.40. The predicted octanol–water partition coefficient (Wildman–Crippen LogP) is 0.625. The zero-order valence-corrected chi connectivity index (χ0v) is 10.9. The summed E-state index contributed by atoms with van der Waals surface area (Å²) in [4.78, 5) is 29.3. The van der Waals surface area contributed by atoms with Crippen molar-refractivity contribution in [2.75, 3.05) is 0 Å². The minimum atomic E-state index is -0.703. The van der Waals surface area contributed by atoms with Gasteiger partial charge in [0.05, 0.1) is 11.4 Å². The van der Waals surface area contributed by atoms with Crippen LogP contribution in [0.25, 0.3) is 0 Å². The summed E-state index contributed by atoms with van der Waals surface area (Å²) in [6.07, 6.45) is 0. The fourth-order valence-corrected chi connectivity index (χ4v) is 1.71. The number of hydrogen-bond acceptors (Lipinski definition) is 5. The number of aromatic nitrogens is 2. The Morgan fingerprint density at radius 3 is 2.40 bits per heavy atom. The molecule has 0 spiro atoms. The number of aromatic hydroxyl groups is 2. The number of nitrogens with zero attached hydrogens (tertiary/aromatic N) is 2. The first-order valence-corrected chi connectivity index (χ1v) is 5.77. The van der Waals surface area contributed by atoms with E-state index in [-0.39, 0.29) is 17.0 Å². The third-order valence-corrected chi connectivity index (χ3v) is 2.80. The van der Waals surface area contributed by atoms with Crippen molar-refractivity contribution < 1.29 is 10.2 Å². The number of phenols is 1. The zero-order chi connectivity index (χ0) is 14.9. The zero-order valence-electron chi connectivity index (χ0n) is 10.9. The molecule has 0 fully saturated rings. The van der Waals surface area contributed by atoms with Gasteiger partial charge in [0.15, 0.2) is 0 Å². The summed E-state index contributed by atoms with van der Waals surface area (Å²) in [5.74, 6) is -0.344. The summed E-state index contributed by atoms with van der Waals surface area (Å²) < 4.78 is 0.923. The van der Waals surface area contributed by atoms with Crippen molar-refractivity contribution in [2.24, 2.45) is 12.0 Å². The van der Waals surface area contributed by atoms with Crippen LogP contribution in [-0.4, -0.2) is 25.5 Å². The van der Waals surface area contributed by atoms with E-state index in [2.05, 4.69) is 9.98 Å². The third-order valence-electron chi connectivity index (χ3n) is 2.80. The van der Waals surface area contributed by atoms with Crippen LogP contribution >= 0.6 is 0 Å². The molecular formula is C13H13N3O4. The summed E-state index contributed by atoms with van der Waals surface area (Å²) in [7, 11) is 1.34. The van der Waals surface area contributed by atoms with Crippen LogP contribution in [0.3, 0.4) is 0 Å². The van der Waals surface area contributed by atoms with Crippen molar-refractivity contribution in [3.63, 3.8) is 0 Å². The summed E-state index contributed by atoms with van der Waals surface area (Å²) in [6.45, 7) is 1.54. The van der Waals surface area contributed by atoms with Gasteiger partial charge in [-0.25, -0.2) is 4.79 Å². The Bertz CT molecular complexity index is 785. The van der Waals surface area contributed by atoms with Crippen molar-refractivity contribution in [3.05, 3.63) is 50.7 Å². The lowest BCUT2D eigenvalue weighted by atomic mass is 10.2. The van der Waals surface area contributed by atoms with Crippen molar-refractivity contribution >= 4 is 11.4 Å². The second-order valence-corrected chi connectivity index (χ2v) is 4.23. The summed E-state index contributed by atoms with van der Waals surface area (Å²) in [5.41, 5.74) is -0.711. The molecule has 2 aromatic rings. The molecule has 7 nitrogen and oxygen atoms in total. The molecule has 0 saturated carbocycles. The van der Waals surface area contributed by atoms with E-state index in [0.717, 1.165) is 4.57 Å². The molecule has 0 unspecified atom stereocenters. The second-order valence-electron chi connectivity index (χ2n) is 4.23. The fraction of sp³-hybridized carbons (Fsp3) is 0.154. The number of H-pyrrole nitrogens is 1. The van der Waals surface area contributed by atoms with Crippen molar-refractivity contribution in [3.8, 4) is 11.6 Å². The minimum Gasteiger partial charge on any atom is -0.508 e. The first kappa shape index (κ1) is 13.6. The molecule has 1 heterocycles. The van der Waals surface area contributed by atoms with E-state index in [1.807, 2.05) is 0 Å². The van der Waals surface area contributed by atoms with E-state index in [0.29, 0.717) is 5.69 Å². The molecule has 7 heteroatoms.